The third-order valence-corrected chi connectivity index (χ3v) is 4.97. The smallest absolute Gasteiger partial charge is 0.414 e. The predicted octanol–water partition coefficient (Wildman–Crippen LogP) is 2.78. The van der Waals surface area contributed by atoms with Crippen molar-refractivity contribution >= 4 is 23.5 Å². The lowest BCUT2D eigenvalue weighted by molar-refractivity contribution is -0.159. The van der Waals surface area contributed by atoms with Crippen LogP contribution in [-0.2, 0) is 27.2 Å². The second kappa shape index (κ2) is 10.8. The number of aryl methyl sites for hydroxylation is 2. The topological polar surface area (TPSA) is 107 Å². The van der Waals surface area contributed by atoms with Gasteiger partial charge in [-0.1, -0.05) is 13.0 Å². The lowest BCUT2D eigenvalue weighted by Crippen LogP contribution is -2.30. The van der Waals surface area contributed by atoms with Crippen molar-refractivity contribution in [1.29, 1.82) is 0 Å². The molecule has 0 saturated heterocycles. The zero-order chi connectivity index (χ0) is 20.5. The minimum atomic E-state index is -1.82. The molecule has 7 heteroatoms. The SMILES string of the molecule is CCCN(CCC(=O)Nc1ccc2c(c1)CCC2)CC1CC1.O=C(O)C(=O)O. The molecule has 1 amide bonds. The van der Waals surface area contributed by atoms with Gasteiger partial charge in [-0.25, -0.2) is 9.59 Å². The minimum Gasteiger partial charge on any atom is -0.473 e. The van der Waals surface area contributed by atoms with Gasteiger partial charge in [0.1, 0.15) is 0 Å². The molecular formula is C21H30N2O5. The number of benzene rings is 1. The van der Waals surface area contributed by atoms with Gasteiger partial charge in [-0.15, -0.1) is 0 Å². The highest BCUT2D eigenvalue weighted by Gasteiger charge is 2.24. The fourth-order valence-corrected chi connectivity index (χ4v) is 3.41. The van der Waals surface area contributed by atoms with E-state index in [-0.39, 0.29) is 5.91 Å². The Morgan fingerprint density at radius 3 is 2.36 bits per heavy atom. The molecule has 1 aromatic rings. The molecule has 28 heavy (non-hydrogen) atoms. The van der Waals surface area contributed by atoms with Crippen LogP contribution in [0.2, 0.25) is 0 Å². The summed E-state index contributed by atoms with van der Waals surface area (Å²) in [5.41, 5.74) is 3.84. The lowest BCUT2D eigenvalue weighted by Gasteiger charge is -2.21. The maximum Gasteiger partial charge on any atom is 0.414 e. The van der Waals surface area contributed by atoms with Gasteiger partial charge < -0.3 is 20.4 Å². The first kappa shape index (κ1) is 21.9. The second-order valence-electron chi connectivity index (χ2n) is 7.49. The maximum absolute atomic E-state index is 12.2. The van der Waals surface area contributed by atoms with Crippen molar-refractivity contribution in [3.63, 3.8) is 0 Å². The van der Waals surface area contributed by atoms with Crippen molar-refractivity contribution in [2.45, 2.75) is 51.9 Å². The Hall–Kier alpha value is -2.41. The number of carboxylic acid groups (broad SMARTS) is 2. The minimum absolute atomic E-state index is 0.148. The molecule has 2 aliphatic carbocycles. The van der Waals surface area contributed by atoms with E-state index in [0.29, 0.717) is 6.42 Å². The average Bonchev–Trinajstić information content (AvgIpc) is 3.34. The number of nitrogens with one attached hydrogen (secondary N) is 1. The number of fused-ring (bicyclic) bond motifs is 1. The third kappa shape index (κ3) is 7.68. The maximum atomic E-state index is 12.2. The number of nitrogens with zero attached hydrogens (tertiary/aromatic N) is 1. The van der Waals surface area contributed by atoms with E-state index in [2.05, 4.69) is 35.3 Å². The molecule has 0 radical (unpaired) electrons. The summed E-state index contributed by atoms with van der Waals surface area (Å²) in [5.74, 6) is -2.61. The standard InChI is InChI=1S/C19H28N2O.C2H2O4/c1-2-11-21(14-15-6-7-15)12-10-19(22)20-18-9-8-16-4-3-5-17(16)13-18;3-1(4)2(5)6/h8-9,13,15H,2-7,10-12,14H2,1H3,(H,20,22);(H,3,4)(H,5,6). The van der Waals surface area contributed by atoms with Gasteiger partial charge in [0.05, 0.1) is 0 Å². The van der Waals surface area contributed by atoms with Gasteiger partial charge in [-0.2, -0.15) is 0 Å². The Balaban J connectivity index is 0.000000409. The summed E-state index contributed by atoms with van der Waals surface area (Å²) < 4.78 is 0. The number of carbonyl (C=O) groups is 3. The Morgan fingerprint density at radius 1 is 1.07 bits per heavy atom. The van der Waals surface area contributed by atoms with Gasteiger partial charge in [0, 0.05) is 25.2 Å². The van der Waals surface area contributed by atoms with Crippen molar-refractivity contribution < 1.29 is 24.6 Å². The molecule has 7 nitrogen and oxygen atoms in total. The number of amides is 1. The van der Waals surface area contributed by atoms with Crippen LogP contribution in [0, 0.1) is 5.92 Å². The zero-order valence-corrected chi connectivity index (χ0v) is 16.4. The fraction of sp³-hybridized carbons (Fsp3) is 0.571. The fourth-order valence-electron chi connectivity index (χ4n) is 3.41. The van der Waals surface area contributed by atoms with Gasteiger partial charge >= 0.3 is 11.9 Å². The molecule has 0 spiro atoms. The van der Waals surface area contributed by atoms with E-state index in [4.69, 9.17) is 19.8 Å². The van der Waals surface area contributed by atoms with Crippen LogP contribution in [-0.4, -0.2) is 52.6 Å². The molecule has 0 aliphatic heterocycles. The second-order valence-corrected chi connectivity index (χ2v) is 7.49. The number of anilines is 1. The summed E-state index contributed by atoms with van der Waals surface area (Å²) in [6.45, 7) is 5.40. The number of hydrogen-bond donors (Lipinski definition) is 3. The van der Waals surface area contributed by atoms with Crippen molar-refractivity contribution in [3.05, 3.63) is 29.3 Å². The van der Waals surface area contributed by atoms with Gasteiger partial charge in [-0.3, -0.25) is 4.79 Å². The first-order valence-electron chi connectivity index (χ1n) is 9.99. The summed E-state index contributed by atoms with van der Waals surface area (Å²) in [6, 6.07) is 6.39. The quantitative estimate of drug-likeness (QED) is 0.589. The van der Waals surface area contributed by atoms with Crippen LogP contribution in [0.15, 0.2) is 18.2 Å². The Kier molecular flexibility index (Phi) is 8.44. The average molecular weight is 390 g/mol. The number of rotatable bonds is 8. The summed E-state index contributed by atoms with van der Waals surface area (Å²) in [6.07, 6.45) is 8.12. The zero-order valence-electron chi connectivity index (χ0n) is 16.4. The molecule has 154 valence electrons. The van der Waals surface area contributed by atoms with Gasteiger partial charge in [0.2, 0.25) is 5.91 Å². The molecular weight excluding hydrogens is 360 g/mol. The third-order valence-electron chi connectivity index (χ3n) is 4.97. The van der Waals surface area contributed by atoms with Crippen molar-refractivity contribution in [1.82, 2.24) is 4.90 Å². The van der Waals surface area contributed by atoms with Crippen LogP contribution in [0.3, 0.4) is 0 Å². The first-order chi connectivity index (χ1) is 13.4. The molecule has 0 atom stereocenters. The molecule has 0 heterocycles. The lowest BCUT2D eigenvalue weighted by atomic mass is 10.1. The van der Waals surface area contributed by atoms with Crippen LogP contribution >= 0.6 is 0 Å². The van der Waals surface area contributed by atoms with E-state index < -0.39 is 11.9 Å². The van der Waals surface area contributed by atoms with E-state index in [1.807, 2.05) is 0 Å². The Bertz CT molecular complexity index is 688. The van der Waals surface area contributed by atoms with E-state index in [1.165, 1.54) is 49.8 Å². The molecule has 3 N–H and O–H groups in total. The van der Waals surface area contributed by atoms with Gasteiger partial charge in [-0.05, 0) is 74.2 Å². The Labute approximate surface area is 165 Å². The summed E-state index contributed by atoms with van der Waals surface area (Å²) in [5, 5.41) is 17.9. The van der Waals surface area contributed by atoms with E-state index in [1.54, 1.807) is 0 Å². The number of carboxylic acids is 2. The largest absolute Gasteiger partial charge is 0.473 e. The summed E-state index contributed by atoms with van der Waals surface area (Å²) in [7, 11) is 0. The highest BCUT2D eigenvalue weighted by molar-refractivity contribution is 6.27. The molecule has 0 aromatic heterocycles. The normalized spacial score (nSPS) is 14.8. The van der Waals surface area contributed by atoms with E-state index in [9.17, 15) is 4.79 Å². The molecule has 1 aromatic carbocycles. The molecule has 2 aliphatic rings. The van der Waals surface area contributed by atoms with Crippen LogP contribution in [0.5, 0.6) is 0 Å². The van der Waals surface area contributed by atoms with Gasteiger partial charge in [0.15, 0.2) is 0 Å². The van der Waals surface area contributed by atoms with E-state index in [0.717, 1.165) is 31.1 Å². The van der Waals surface area contributed by atoms with Crippen LogP contribution in [0.4, 0.5) is 5.69 Å². The van der Waals surface area contributed by atoms with Crippen LogP contribution in [0.25, 0.3) is 0 Å². The van der Waals surface area contributed by atoms with Crippen molar-refractivity contribution in [2.24, 2.45) is 5.92 Å². The summed E-state index contributed by atoms with van der Waals surface area (Å²) in [4.78, 5) is 32.8. The molecule has 1 saturated carbocycles. The Morgan fingerprint density at radius 2 is 1.75 bits per heavy atom. The molecule has 1 fully saturated rings. The molecule has 3 rings (SSSR count). The highest BCUT2D eigenvalue weighted by Crippen LogP contribution is 2.29. The van der Waals surface area contributed by atoms with Crippen LogP contribution < -0.4 is 5.32 Å². The first-order valence-corrected chi connectivity index (χ1v) is 9.99. The van der Waals surface area contributed by atoms with Crippen molar-refractivity contribution in [2.75, 3.05) is 25.0 Å². The predicted molar refractivity (Wildman–Crippen MR) is 106 cm³/mol. The molecule has 0 bridgehead atoms. The summed E-state index contributed by atoms with van der Waals surface area (Å²) >= 11 is 0. The van der Waals surface area contributed by atoms with E-state index >= 15 is 0 Å². The molecule has 0 unspecified atom stereocenters. The van der Waals surface area contributed by atoms with Crippen molar-refractivity contribution in [3.8, 4) is 0 Å². The van der Waals surface area contributed by atoms with Crippen LogP contribution in [0.1, 0.15) is 50.2 Å². The monoisotopic (exact) mass is 390 g/mol. The number of aliphatic carboxylic acids is 2. The highest BCUT2D eigenvalue weighted by atomic mass is 16.4. The van der Waals surface area contributed by atoms with Gasteiger partial charge in [0.25, 0.3) is 0 Å². The number of hydrogen-bond acceptors (Lipinski definition) is 4. The number of carbonyl (C=O) groups excluding carboxylic acids is 1.